The van der Waals surface area contributed by atoms with Gasteiger partial charge < -0.3 is 4.42 Å². The molecule has 1 heterocycles. The van der Waals surface area contributed by atoms with Gasteiger partial charge in [0, 0.05) is 10.0 Å². The van der Waals surface area contributed by atoms with Crippen LogP contribution >= 0.6 is 27.5 Å². The fourth-order valence-electron chi connectivity index (χ4n) is 1.05. The Morgan fingerprint density at radius 3 is 2.86 bits per heavy atom. The second-order valence-electron chi connectivity index (χ2n) is 2.64. The van der Waals surface area contributed by atoms with Crippen LogP contribution in [0.25, 0.3) is 11.5 Å². The molecule has 0 atom stereocenters. The van der Waals surface area contributed by atoms with Gasteiger partial charge in [0.2, 0.25) is 11.8 Å². The molecule has 72 valence electrons. The summed E-state index contributed by atoms with van der Waals surface area (Å²) in [5.74, 6) is 1.16. The molecule has 0 aliphatic rings. The Labute approximate surface area is 94.2 Å². The standard InChI is InChI=1S/C9H6BrClN2O/c10-7-3-1-2-6(4-7)9-13-12-8(5-11)14-9/h1-4H,5H2. The van der Waals surface area contributed by atoms with Gasteiger partial charge in [-0.3, -0.25) is 0 Å². The molecular weight excluding hydrogens is 267 g/mol. The Bertz CT molecular complexity index is 444. The zero-order valence-corrected chi connectivity index (χ0v) is 9.42. The Kier molecular flexibility index (Phi) is 2.84. The van der Waals surface area contributed by atoms with Crippen molar-refractivity contribution in [2.75, 3.05) is 0 Å². The summed E-state index contributed by atoms with van der Waals surface area (Å²) in [4.78, 5) is 0. The number of rotatable bonds is 2. The smallest absolute Gasteiger partial charge is 0.247 e. The summed E-state index contributed by atoms with van der Waals surface area (Å²) in [5.41, 5.74) is 0.878. The van der Waals surface area contributed by atoms with Crippen LogP contribution in [0.3, 0.4) is 0 Å². The van der Waals surface area contributed by atoms with Crippen molar-refractivity contribution >= 4 is 27.5 Å². The van der Waals surface area contributed by atoms with Crippen molar-refractivity contribution in [2.45, 2.75) is 5.88 Å². The number of benzene rings is 1. The van der Waals surface area contributed by atoms with E-state index < -0.39 is 0 Å². The van der Waals surface area contributed by atoms with E-state index in [0.29, 0.717) is 11.8 Å². The van der Waals surface area contributed by atoms with Gasteiger partial charge in [-0.1, -0.05) is 22.0 Å². The zero-order chi connectivity index (χ0) is 9.97. The molecule has 0 radical (unpaired) electrons. The lowest BCUT2D eigenvalue weighted by Crippen LogP contribution is -1.77. The lowest BCUT2D eigenvalue weighted by molar-refractivity contribution is 0.527. The fraction of sp³-hybridized carbons (Fsp3) is 0.111. The van der Waals surface area contributed by atoms with Gasteiger partial charge in [0.25, 0.3) is 0 Å². The molecule has 0 aliphatic heterocycles. The average molecular weight is 274 g/mol. The van der Waals surface area contributed by atoms with Crippen LogP contribution in [0.5, 0.6) is 0 Å². The van der Waals surface area contributed by atoms with E-state index in [1.54, 1.807) is 0 Å². The molecular formula is C9H6BrClN2O. The topological polar surface area (TPSA) is 38.9 Å². The van der Waals surface area contributed by atoms with Crippen LogP contribution in [0.15, 0.2) is 33.2 Å². The molecule has 3 nitrogen and oxygen atoms in total. The van der Waals surface area contributed by atoms with Crippen molar-refractivity contribution in [1.82, 2.24) is 10.2 Å². The Morgan fingerprint density at radius 1 is 1.36 bits per heavy atom. The van der Waals surface area contributed by atoms with Crippen LogP contribution in [-0.4, -0.2) is 10.2 Å². The largest absolute Gasteiger partial charge is 0.419 e. The lowest BCUT2D eigenvalue weighted by Gasteiger charge is -1.94. The maximum absolute atomic E-state index is 5.55. The second-order valence-corrected chi connectivity index (χ2v) is 3.83. The summed E-state index contributed by atoms with van der Waals surface area (Å²) in [7, 11) is 0. The Morgan fingerprint density at radius 2 is 2.21 bits per heavy atom. The summed E-state index contributed by atoms with van der Waals surface area (Å²) in [6, 6.07) is 7.65. The summed E-state index contributed by atoms with van der Waals surface area (Å²) in [5, 5.41) is 7.65. The van der Waals surface area contributed by atoms with Gasteiger partial charge in [0.15, 0.2) is 0 Å². The first-order valence-electron chi connectivity index (χ1n) is 3.94. The minimum Gasteiger partial charge on any atom is -0.419 e. The van der Waals surface area contributed by atoms with Gasteiger partial charge in [-0.15, -0.1) is 21.8 Å². The molecule has 0 fully saturated rings. The van der Waals surface area contributed by atoms with Gasteiger partial charge in [-0.25, -0.2) is 0 Å². The highest BCUT2D eigenvalue weighted by atomic mass is 79.9. The number of alkyl halides is 1. The highest BCUT2D eigenvalue weighted by Crippen LogP contribution is 2.21. The molecule has 1 aromatic carbocycles. The first-order chi connectivity index (χ1) is 6.79. The molecule has 1 aromatic heterocycles. The normalized spacial score (nSPS) is 10.4. The van der Waals surface area contributed by atoms with E-state index in [0.717, 1.165) is 10.0 Å². The van der Waals surface area contributed by atoms with E-state index in [1.165, 1.54) is 0 Å². The first kappa shape index (κ1) is 9.68. The number of nitrogens with zero attached hydrogens (tertiary/aromatic N) is 2. The van der Waals surface area contributed by atoms with Crippen LogP contribution in [-0.2, 0) is 5.88 Å². The highest BCUT2D eigenvalue weighted by molar-refractivity contribution is 9.10. The predicted molar refractivity (Wildman–Crippen MR) is 57.0 cm³/mol. The Hall–Kier alpha value is -0.870. The van der Waals surface area contributed by atoms with Crippen LogP contribution in [0.1, 0.15) is 5.89 Å². The molecule has 2 rings (SSSR count). The van der Waals surface area contributed by atoms with E-state index in [-0.39, 0.29) is 5.88 Å². The molecule has 2 aromatic rings. The lowest BCUT2D eigenvalue weighted by atomic mass is 10.2. The average Bonchev–Trinajstić information content (AvgIpc) is 2.66. The molecule has 0 spiro atoms. The summed E-state index contributed by atoms with van der Waals surface area (Å²) in [6.07, 6.45) is 0. The summed E-state index contributed by atoms with van der Waals surface area (Å²) in [6.45, 7) is 0. The monoisotopic (exact) mass is 272 g/mol. The number of hydrogen-bond donors (Lipinski definition) is 0. The summed E-state index contributed by atoms with van der Waals surface area (Å²) >= 11 is 8.92. The van der Waals surface area contributed by atoms with E-state index >= 15 is 0 Å². The van der Waals surface area contributed by atoms with Crippen LogP contribution in [0.2, 0.25) is 0 Å². The molecule has 0 saturated heterocycles. The molecule has 0 aliphatic carbocycles. The summed E-state index contributed by atoms with van der Waals surface area (Å²) < 4.78 is 6.27. The third kappa shape index (κ3) is 1.96. The van der Waals surface area contributed by atoms with Gasteiger partial charge in [-0.2, -0.15) is 0 Å². The van der Waals surface area contributed by atoms with Crippen LogP contribution in [0.4, 0.5) is 0 Å². The van der Waals surface area contributed by atoms with Gasteiger partial charge in [-0.05, 0) is 18.2 Å². The van der Waals surface area contributed by atoms with E-state index in [9.17, 15) is 0 Å². The number of aromatic nitrogens is 2. The molecule has 0 N–H and O–H groups in total. The van der Waals surface area contributed by atoms with Crippen LogP contribution in [0, 0.1) is 0 Å². The molecule has 0 amide bonds. The van der Waals surface area contributed by atoms with Gasteiger partial charge in [0.1, 0.15) is 5.88 Å². The van der Waals surface area contributed by atoms with Gasteiger partial charge in [0.05, 0.1) is 0 Å². The second kappa shape index (κ2) is 4.11. The minimum atomic E-state index is 0.237. The maximum Gasteiger partial charge on any atom is 0.247 e. The molecule has 5 heteroatoms. The first-order valence-corrected chi connectivity index (χ1v) is 5.26. The SMILES string of the molecule is ClCc1nnc(-c2cccc(Br)c2)o1. The van der Waals surface area contributed by atoms with Crippen molar-refractivity contribution in [1.29, 1.82) is 0 Å². The molecule has 0 unspecified atom stereocenters. The predicted octanol–water partition coefficient (Wildman–Crippen LogP) is 3.24. The molecule has 14 heavy (non-hydrogen) atoms. The molecule has 0 saturated carbocycles. The van der Waals surface area contributed by atoms with E-state index in [2.05, 4.69) is 26.1 Å². The third-order valence-electron chi connectivity index (χ3n) is 1.65. The van der Waals surface area contributed by atoms with Gasteiger partial charge >= 0.3 is 0 Å². The van der Waals surface area contributed by atoms with Crippen molar-refractivity contribution in [3.05, 3.63) is 34.6 Å². The van der Waals surface area contributed by atoms with Crippen molar-refractivity contribution in [3.63, 3.8) is 0 Å². The third-order valence-corrected chi connectivity index (χ3v) is 2.37. The quantitative estimate of drug-likeness (QED) is 0.789. The zero-order valence-electron chi connectivity index (χ0n) is 7.08. The van der Waals surface area contributed by atoms with Crippen LogP contribution < -0.4 is 0 Å². The highest BCUT2D eigenvalue weighted by Gasteiger charge is 2.07. The number of hydrogen-bond acceptors (Lipinski definition) is 3. The fourth-order valence-corrected chi connectivity index (χ4v) is 1.55. The van der Waals surface area contributed by atoms with E-state index in [4.69, 9.17) is 16.0 Å². The minimum absolute atomic E-state index is 0.237. The Balaban J connectivity index is 2.39. The molecule has 0 bridgehead atoms. The van der Waals surface area contributed by atoms with Crippen molar-refractivity contribution in [3.8, 4) is 11.5 Å². The maximum atomic E-state index is 5.55. The van der Waals surface area contributed by atoms with E-state index in [1.807, 2.05) is 24.3 Å². The number of halogens is 2. The van der Waals surface area contributed by atoms with Crippen molar-refractivity contribution < 1.29 is 4.42 Å². The van der Waals surface area contributed by atoms with Crippen molar-refractivity contribution in [2.24, 2.45) is 0 Å².